The number of likely N-dealkylation sites (tertiary alicyclic amines) is 1. The molecule has 147 valence electrons. The first-order valence-corrected chi connectivity index (χ1v) is 10.6. The second kappa shape index (κ2) is 6.69. The number of primary amides is 1. The highest BCUT2D eigenvalue weighted by molar-refractivity contribution is 7.15. The number of carbonyl (C=O) groups excluding carboxylic acids is 2. The molecule has 2 aliphatic rings. The molecule has 0 spiro atoms. The smallest absolute Gasteiger partial charge is 0.274 e. The van der Waals surface area contributed by atoms with E-state index in [2.05, 4.69) is 37.9 Å². The third kappa shape index (κ3) is 2.77. The number of amides is 2. The molecule has 6 heteroatoms. The van der Waals surface area contributed by atoms with Crippen LogP contribution in [0.4, 0.5) is 0 Å². The van der Waals surface area contributed by atoms with Crippen LogP contribution in [-0.4, -0.2) is 33.8 Å². The van der Waals surface area contributed by atoms with Crippen molar-refractivity contribution >= 4 is 23.2 Å². The third-order valence-electron chi connectivity index (χ3n) is 6.50. The number of hydrogen-bond acceptors (Lipinski definition) is 4. The summed E-state index contributed by atoms with van der Waals surface area (Å²) in [7, 11) is 0. The van der Waals surface area contributed by atoms with Crippen LogP contribution in [-0.2, 0) is 4.79 Å². The number of fused-ring (bicyclic) bond motifs is 1. The van der Waals surface area contributed by atoms with E-state index in [1.807, 2.05) is 13.0 Å². The molecule has 1 aliphatic heterocycles. The Morgan fingerprint density at radius 2 is 2.04 bits per heavy atom. The highest BCUT2D eigenvalue weighted by atomic mass is 32.1. The van der Waals surface area contributed by atoms with Gasteiger partial charge in [-0.15, -0.1) is 11.3 Å². The van der Waals surface area contributed by atoms with Gasteiger partial charge < -0.3 is 10.6 Å². The first-order chi connectivity index (χ1) is 13.2. The molecule has 0 unspecified atom stereocenters. The van der Waals surface area contributed by atoms with Crippen molar-refractivity contribution in [3.8, 4) is 10.4 Å². The second-order valence-corrected chi connectivity index (χ2v) is 9.41. The van der Waals surface area contributed by atoms with Crippen LogP contribution in [0.3, 0.4) is 0 Å². The van der Waals surface area contributed by atoms with Crippen LogP contribution in [0.1, 0.15) is 52.3 Å². The zero-order valence-electron chi connectivity index (χ0n) is 16.6. The second-order valence-electron chi connectivity index (χ2n) is 8.21. The van der Waals surface area contributed by atoms with Gasteiger partial charge in [0.15, 0.2) is 0 Å². The summed E-state index contributed by atoms with van der Waals surface area (Å²) in [5.41, 5.74) is 9.01. The molecule has 28 heavy (non-hydrogen) atoms. The fourth-order valence-electron chi connectivity index (χ4n) is 4.94. The molecule has 2 aromatic rings. The number of carbonyl (C=O) groups is 2. The SMILES string of the molecule is [CH2][C@H]1C[C@@]2(C(N)=O)CCC[C@@H]2N1C(=O)c1nc(C)sc1-c1ccc(C)c(C)c1. The zero-order valence-corrected chi connectivity index (χ0v) is 17.4. The Balaban J connectivity index is 1.75. The van der Waals surface area contributed by atoms with Gasteiger partial charge in [-0.25, -0.2) is 4.98 Å². The summed E-state index contributed by atoms with van der Waals surface area (Å²) in [6.07, 6.45) is 2.98. The minimum Gasteiger partial charge on any atom is -0.369 e. The lowest BCUT2D eigenvalue weighted by atomic mass is 9.80. The van der Waals surface area contributed by atoms with Gasteiger partial charge in [-0.3, -0.25) is 9.59 Å². The van der Waals surface area contributed by atoms with E-state index < -0.39 is 5.41 Å². The van der Waals surface area contributed by atoms with E-state index in [1.54, 1.807) is 4.90 Å². The number of nitrogens with two attached hydrogens (primary N) is 1. The normalized spacial score (nSPS) is 26.5. The highest BCUT2D eigenvalue weighted by Crippen LogP contribution is 2.51. The maximum atomic E-state index is 13.6. The molecular formula is C22H26N3O2S. The van der Waals surface area contributed by atoms with Crippen LogP contribution in [0.25, 0.3) is 10.4 Å². The minimum atomic E-state index is -0.631. The van der Waals surface area contributed by atoms with Crippen LogP contribution in [0.2, 0.25) is 0 Å². The van der Waals surface area contributed by atoms with E-state index in [0.29, 0.717) is 12.1 Å². The van der Waals surface area contributed by atoms with Gasteiger partial charge in [0.25, 0.3) is 5.91 Å². The first kappa shape index (κ1) is 19.1. The predicted molar refractivity (Wildman–Crippen MR) is 111 cm³/mol. The molecule has 3 atom stereocenters. The summed E-state index contributed by atoms with van der Waals surface area (Å²) in [4.78, 5) is 33.1. The monoisotopic (exact) mass is 396 g/mol. The van der Waals surface area contributed by atoms with Gasteiger partial charge in [0.1, 0.15) is 5.69 Å². The van der Waals surface area contributed by atoms with Crippen LogP contribution < -0.4 is 5.73 Å². The van der Waals surface area contributed by atoms with Crippen molar-refractivity contribution in [2.75, 3.05) is 0 Å². The maximum Gasteiger partial charge on any atom is 0.274 e. The summed E-state index contributed by atoms with van der Waals surface area (Å²) in [5.74, 6) is -0.435. The van der Waals surface area contributed by atoms with Crippen molar-refractivity contribution in [1.29, 1.82) is 0 Å². The van der Waals surface area contributed by atoms with Crippen LogP contribution in [0.15, 0.2) is 18.2 Å². The topological polar surface area (TPSA) is 76.3 Å². The fraction of sp³-hybridized carbons (Fsp3) is 0.455. The van der Waals surface area contributed by atoms with Crippen molar-refractivity contribution in [3.63, 3.8) is 0 Å². The molecular weight excluding hydrogens is 370 g/mol. The summed E-state index contributed by atoms with van der Waals surface area (Å²) in [6, 6.07) is 5.78. The Morgan fingerprint density at radius 1 is 1.29 bits per heavy atom. The Hall–Kier alpha value is -2.21. The fourth-order valence-corrected chi connectivity index (χ4v) is 5.85. The van der Waals surface area contributed by atoms with Crippen molar-refractivity contribution in [2.24, 2.45) is 11.1 Å². The Kier molecular flexibility index (Phi) is 4.57. The predicted octanol–water partition coefficient (Wildman–Crippen LogP) is 3.81. The largest absolute Gasteiger partial charge is 0.369 e. The number of hydrogen-bond donors (Lipinski definition) is 1. The molecule has 4 rings (SSSR count). The number of benzene rings is 1. The lowest BCUT2D eigenvalue weighted by molar-refractivity contribution is -0.127. The molecule has 2 heterocycles. The molecule has 1 radical (unpaired) electrons. The lowest BCUT2D eigenvalue weighted by Gasteiger charge is -2.30. The van der Waals surface area contributed by atoms with Crippen LogP contribution >= 0.6 is 11.3 Å². The van der Waals surface area contributed by atoms with Crippen molar-refractivity contribution < 1.29 is 9.59 Å². The Labute approximate surface area is 170 Å². The van der Waals surface area contributed by atoms with E-state index in [4.69, 9.17) is 5.73 Å². The number of nitrogens with zero attached hydrogens (tertiary/aromatic N) is 2. The molecule has 2 amide bonds. The average molecular weight is 397 g/mol. The summed E-state index contributed by atoms with van der Waals surface area (Å²) < 4.78 is 0. The Morgan fingerprint density at radius 3 is 2.71 bits per heavy atom. The van der Waals surface area contributed by atoms with E-state index in [9.17, 15) is 9.59 Å². The summed E-state index contributed by atoms with van der Waals surface area (Å²) in [5, 5.41) is 0.851. The Bertz CT molecular complexity index is 967. The molecule has 0 bridgehead atoms. The standard InChI is InChI=1S/C22H26N3O2S/c1-12-7-8-16(10-13(12)2)19-18(24-15(4)28-19)20(26)25-14(3)11-22(21(23)27)9-5-6-17(22)25/h7-8,10,14,17H,3,5-6,9,11H2,1-2,4H3,(H2,23,27)/t14-,17-,22-/m0/s1. The third-order valence-corrected chi connectivity index (χ3v) is 7.52. The van der Waals surface area contributed by atoms with Gasteiger partial charge in [-0.05, 0) is 63.6 Å². The maximum absolute atomic E-state index is 13.6. The van der Waals surface area contributed by atoms with Crippen molar-refractivity contribution in [1.82, 2.24) is 9.88 Å². The molecule has 1 aliphatic carbocycles. The molecule has 2 N–H and O–H groups in total. The van der Waals surface area contributed by atoms with Crippen molar-refractivity contribution in [3.05, 3.63) is 47.0 Å². The van der Waals surface area contributed by atoms with Gasteiger partial charge in [0, 0.05) is 12.1 Å². The highest BCUT2D eigenvalue weighted by Gasteiger charge is 2.58. The van der Waals surface area contributed by atoms with Gasteiger partial charge in [-0.2, -0.15) is 0 Å². The van der Waals surface area contributed by atoms with E-state index in [0.717, 1.165) is 34.7 Å². The number of rotatable bonds is 3. The number of aromatic nitrogens is 1. The number of aryl methyl sites for hydroxylation is 3. The lowest BCUT2D eigenvalue weighted by Crippen LogP contribution is -2.46. The van der Waals surface area contributed by atoms with Crippen LogP contribution in [0.5, 0.6) is 0 Å². The van der Waals surface area contributed by atoms with Gasteiger partial charge in [-0.1, -0.05) is 24.6 Å². The summed E-state index contributed by atoms with van der Waals surface area (Å²) in [6.45, 7) is 10.2. The molecule has 1 aromatic carbocycles. The average Bonchev–Trinajstić information content (AvgIpc) is 3.28. The summed E-state index contributed by atoms with van der Waals surface area (Å²) >= 11 is 1.53. The quantitative estimate of drug-likeness (QED) is 0.857. The molecule has 1 saturated heterocycles. The van der Waals surface area contributed by atoms with Gasteiger partial charge >= 0.3 is 0 Å². The van der Waals surface area contributed by atoms with E-state index >= 15 is 0 Å². The van der Waals surface area contributed by atoms with Gasteiger partial charge in [0.05, 0.1) is 15.3 Å². The van der Waals surface area contributed by atoms with Crippen LogP contribution in [0, 0.1) is 33.1 Å². The van der Waals surface area contributed by atoms with Gasteiger partial charge in [0.2, 0.25) is 5.91 Å². The van der Waals surface area contributed by atoms with E-state index in [-0.39, 0.29) is 23.9 Å². The molecule has 5 nitrogen and oxygen atoms in total. The molecule has 1 aromatic heterocycles. The molecule has 2 fully saturated rings. The zero-order chi connectivity index (χ0) is 20.2. The molecule has 1 saturated carbocycles. The van der Waals surface area contributed by atoms with Crippen molar-refractivity contribution in [2.45, 2.75) is 58.5 Å². The minimum absolute atomic E-state index is 0.132. The number of thiazole rings is 1. The first-order valence-electron chi connectivity index (χ1n) is 9.75. The van der Waals surface area contributed by atoms with E-state index in [1.165, 1.54) is 22.5 Å².